The van der Waals surface area contributed by atoms with Crippen molar-refractivity contribution in [3.05, 3.63) is 60.2 Å². The first-order valence-corrected chi connectivity index (χ1v) is 8.54. The van der Waals surface area contributed by atoms with Gasteiger partial charge < -0.3 is 0 Å². The quantitative estimate of drug-likeness (QED) is 0.512. The first-order valence-electron chi connectivity index (χ1n) is 8.54. The molecule has 0 N–H and O–H groups in total. The van der Waals surface area contributed by atoms with E-state index in [4.69, 9.17) is 0 Å². The Bertz CT molecular complexity index is 538. The Morgan fingerprint density at radius 2 is 1.52 bits per heavy atom. The van der Waals surface area contributed by atoms with E-state index in [0.717, 1.165) is 11.8 Å². The highest BCUT2D eigenvalue weighted by Crippen LogP contribution is 2.50. The van der Waals surface area contributed by atoms with Crippen molar-refractivity contribution in [3.8, 4) is 11.1 Å². The molecule has 2 aromatic rings. The molecule has 0 nitrogen and oxygen atoms in total. The van der Waals surface area contributed by atoms with Gasteiger partial charge in [0, 0.05) is 0 Å². The normalized spacial score (nSPS) is 20.4. The molecule has 3 rings (SSSR count). The number of unbranched alkanes of at least 4 members (excludes halogenated alkanes) is 3. The standard InChI is InChI=1S/C21H26/c1-2-3-4-6-11-20-16-21(20)19-14-12-18(13-15-19)17-9-7-5-8-10-17/h5,7-10,12-15,20-21H,2-4,6,11,16H2,1H3/t20-,21+/m1/s1. The van der Waals surface area contributed by atoms with Gasteiger partial charge in [-0.3, -0.25) is 0 Å². The summed E-state index contributed by atoms with van der Waals surface area (Å²) in [6.45, 7) is 2.29. The highest BCUT2D eigenvalue weighted by Gasteiger charge is 2.37. The van der Waals surface area contributed by atoms with E-state index < -0.39 is 0 Å². The molecule has 0 bridgehead atoms. The third-order valence-corrected chi connectivity index (χ3v) is 4.80. The Labute approximate surface area is 129 Å². The zero-order valence-corrected chi connectivity index (χ0v) is 13.1. The van der Waals surface area contributed by atoms with Gasteiger partial charge in [0.2, 0.25) is 0 Å². The lowest BCUT2D eigenvalue weighted by molar-refractivity contribution is 0.589. The lowest BCUT2D eigenvalue weighted by atomic mass is 10.0. The van der Waals surface area contributed by atoms with Crippen LogP contribution >= 0.6 is 0 Å². The molecular formula is C21H26. The van der Waals surface area contributed by atoms with Crippen molar-refractivity contribution in [1.82, 2.24) is 0 Å². The molecule has 21 heavy (non-hydrogen) atoms. The van der Waals surface area contributed by atoms with Crippen LogP contribution in [-0.2, 0) is 0 Å². The minimum absolute atomic E-state index is 0.844. The first kappa shape index (κ1) is 14.4. The van der Waals surface area contributed by atoms with Gasteiger partial charge in [-0.05, 0) is 41.4 Å². The summed E-state index contributed by atoms with van der Waals surface area (Å²) >= 11 is 0. The van der Waals surface area contributed by atoms with Crippen LogP contribution < -0.4 is 0 Å². The SMILES string of the molecule is CCCCCC[C@@H]1C[C@H]1c1ccc(-c2ccccc2)cc1. The first-order chi connectivity index (χ1) is 10.4. The van der Waals surface area contributed by atoms with E-state index in [1.165, 1.54) is 49.7 Å². The predicted octanol–water partition coefficient (Wildman–Crippen LogP) is 6.43. The van der Waals surface area contributed by atoms with Gasteiger partial charge in [0.25, 0.3) is 0 Å². The number of rotatable bonds is 7. The highest BCUT2D eigenvalue weighted by atomic mass is 14.4. The summed E-state index contributed by atoms with van der Waals surface area (Å²) < 4.78 is 0. The molecule has 2 atom stereocenters. The molecule has 0 amide bonds. The largest absolute Gasteiger partial charge is 0.0654 e. The van der Waals surface area contributed by atoms with Gasteiger partial charge in [-0.2, -0.15) is 0 Å². The molecule has 1 aliphatic carbocycles. The van der Waals surface area contributed by atoms with Crippen molar-refractivity contribution >= 4 is 0 Å². The van der Waals surface area contributed by atoms with Crippen molar-refractivity contribution in [2.45, 2.75) is 51.4 Å². The van der Waals surface area contributed by atoms with E-state index in [1.807, 2.05) is 0 Å². The Hall–Kier alpha value is -1.56. The second kappa shape index (κ2) is 6.93. The fraction of sp³-hybridized carbons (Fsp3) is 0.429. The van der Waals surface area contributed by atoms with Crippen LogP contribution in [0.25, 0.3) is 11.1 Å². The van der Waals surface area contributed by atoms with E-state index in [9.17, 15) is 0 Å². The van der Waals surface area contributed by atoms with E-state index in [0.29, 0.717) is 0 Å². The van der Waals surface area contributed by atoms with Crippen LogP contribution in [0.15, 0.2) is 54.6 Å². The second-order valence-corrected chi connectivity index (χ2v) is 6.44. The fourth-order valence-corrected chi connectivity index (χ4v) is 3.36. The fourth-order valence-electron chi connectivity index (χ4n) is 3.36. The smallest absolute Gasteiger partial charge is 0.0131 e. The van der Waals surface area contributed by atoms with Gasteiger partial charge in [0.05, 0.1) is 0 Å². The van der Waals surface area contributed by atoms with Gasteiger partial charge in [0.1, 0.15) is 0 Å². The Morgan fingerprint density at radius 3 is 2.24 bits per heavy atom. The molecule has 1 aliphatic rings. The maximum absolute atomic E-state index is 2.35. The average molecular weight is 278 g/mol. The third-order valence-electron chi connectivity index (χ3n) is 4.80. The summed E-state index contributed by atoms with van der Waals surface area (Å²) in [5, 5.41) is 0. The topological polar surface area (TPSA) is 0 Å². The summed E-state index contributed by atoms with van der Waals surface area (Å²) in [6, 6.07) is 19.9. The molecule has 0 heterocycles. The van der Waals surface area contributed by atoms with Gasteiger partial charge in [-0.25, -0.2) is 0 Å². The molecular weight excluding hydrogens is 252 g/mol. The van der Waals surface area contributed by atoms with Crippen LogP contribution in [0.1, 0.15) is 56.9 Å². The Kier molecular flexibility index (Phi) is 4.75. The van der Waals surface area contributed by atoms with E-state index in [2.05, 4.69) is 61.5 Å². The lowest BCUT2D eigenvalue weighted by Gasteiger charge is -2.05. The zero-order chi connectivity index (χ0) is 14.5. The summed E-state index contributed by atoms with van der Waals surface area (Å²) in [7, 11) is 0. The van der Waals surface area contributed by atoms with Crippen LogP contribution in [0.4, 0.5) is 0 Å². The van der Waals surface area contributed by atoms with Crippen molar-refractivity contribution < 1.29 is 0 Å². The van der Waals surface area contributed by atoms with Crippen LogP contribution in [0.2, 0.25) is 0 Å². The monoisotopic (exact) mass is 278 g/mol. The van der Waals surface area contributed by atoms with E-state index in [1.54, 1.807) is 5.56 Å². The van der Waals surface area contributed by atoms with Crippen LogP contribution in [0.5, 0.6) is 0 Å². The minimum Gasteiger partial charge on any atom is -0.0654 e. The molecule has 0 aliphatic heterocycles. The molecule has 1 saturated carbocycles. The van der Waals surface area contributed by atoms with Crippen LogP contribution in [0.3, 0.4) is 0 Å². The van der Waals surface area contributed by atoms with Crippen molar-refractivity contribution in [3.63, 3.8) is 0 Å². The Balaban J connectivity index is 1.54. The zero-order valence-electron chi connectivity index (χ0n) is 13.1. The van der Waals surface area contributed by atoms with Gasteiger partial charge in [-0.15, -0.1) is 0 Å². The summed E-state index contributed by atoms with van der Waals surface area (Å²) in [4.78, 5) is 0. The van der Waals surface area contributed by atoms with Gasteiger partial charge in [0.15, 0.2) is 0 Å². The maximum Gasteiger partial charge on any atom is -0.0131 e. The molecule has 0 heteroatoms. The summed E-state index contributed by atoms with van der Waals surface area (Å²) in [5.74, 6) is 1.81. The molecule has 2 aromatic carbocycles. The molecule has 0 aromatic heterocycles. The molecule has 0 spiro atoms. The number of hydrogen-bond donors (Lipinski definition) is 0. The van der Waals surface area contributed by atoms with Crippen molar-refractivity contribution in [2.24, 2.45) is 5.92 Å². The summed E-state index contributed by atoms with van der Waals surface area (Å²) in [5.41, 5.74) is 4.20. The molecule has 110 valence electrons. The van der Waals surface area contributed by atoms with Crippen molar-refractivity contribution in [2.75, 3.05) is 0 Å². The number of hydrogen-bond acceptors (Lipinski definition) is 0. The van der Waals surface area contributed by atoms with Gasteiger partial charge >= 0.3 is 0 Å². The minimum atomic E-state index is 0.844. The molecule has 0 radical (unpaired) electrons. The van der Waals surface area contributed by atoms with Gasteiger partial charge in [-0.1, -0.05) is 87.2 Å². The lowest BCUT2D eigenvalue weighted by Crippen LogP contribution is -1.86. The highest BCUT2D eigenvalue weighted by molar-refractivity contribution is 5.63. The van der Waals surface area contributed by atoms with E-state index >= 15 is 0 Å². The average Bonchev–Trinajstić information content (AvgIpc) is 3.32. The molecule has 0 saturated heterocycles. The third kappa shape index (κ3) is 3.75. The summed E-state index contributed by atoms with van der Waals surface area (Å²) in [6.07, 6.45) is 8.45. The molecule has 1 fully saturated rings. The Morgan fingerprint density at radius 1 is 0.810 bits per heavy atom. The maximum atomic E-state index is 2.35. The van der Waals surface area contributed by atoms with Crippen molar-refractivity contribution in [1.29, 1.82) is 0 Å². The molecule has 0 unspecified atom stereocenters. The predicted molar refractivity (Wildman–Crippen MR) is 91.5 cm³/mol. The second-order valence-electron chi connectivity index (χ2n) is 6.44. The van der Waals surface area contributed by atoms with Crippen LogP contribution in [-0.4, -0.2) is 0 Å². The van der Waals surface area contributed by atoms with Crippen LogP contribution in [0, 0.1) is 5.92 Å². The number of benzene rings is 2. The van der Waals surface area contributed by atoms with E-state index in [-0.39, 0.29) is 0 Å².